The molecule has 23 heteroatoms. The number of allylic oxidation sites excluding steroid dienone is 2. The standard InChI is InChI=1S/C61H82N12O10S/c1-6-11-46(7-2)43-62-59(76)58(54-12-10-13-55(65-54)78-5)73(51-19-20-51)56(74)25-16-47-14-21-52(22-15-47)82-34-9-8-27-69(3)32-36-80-39-38-79-35-26-49-44-72(68-67-49)33-37-81-40-41-83-53-23-17-48(18-24-53)63-60(77)66-61-64-50(45-84-61)42-57(75)71-30-28-70(4)29-31-71/h6-7,10-15,17-18,21-24,44-45,51,58H,1-2,8-9,16,19-20,25-43H2,3-5H3,(H,62,76)(H2,63,64,66,77)/b46-11+. The highest BCUT2D eigenvalue weighted by atomic mass is 32.1. The van der Waals surface area contributed by atoms with Gasteiger partial charge in [0.1, 0.15) is 18.1 Å². The van der Waals surface area contributed by atoms with E-state index in [9.17, 15) is 19.2 Å². The number of hydrogen-bond donors (Lipinski definition) is 3. The number of pyridine rings is 1. The summed E-state index contributed by atoms with van der Waals surface area (Å²) < 4.78 is 36.3. The number of rotatable bonds is 38. The minimum atomic E-state index is -0.912. The number of thiazole rings is 1. The molecule has 0 radical (unpaired) electrons. The molecule has 2 aliphatic rings. The maximum absolute atomic E-state index is 14.0. The zero-order valence-corrected chi connectivity index (χ0v) is 49.6. The van der Waals surface area contributed by atoms with Crippen molar-refractivity contribution in [2.45, 2.75) is 70.0 Å². The van der Waals surface area contributed by atoms with Crippen molar-refractivity contribution in [3.63, 3.8) is 0 Å². The van der Waals surface area contributed by atoms with Crippen LogP contribution in [0.3, 0.4) is 0 Å². The van der Waals surface area contributed by atoms with E-state index < -0.39 is 12.1 Å². The first-order chi connectivity index (χ1) is 41.0. The van der Waals surface area contributed by atoms with E-state index >= 15 is 0 Å². The lowest BCUT2D eigenvalue weighted by molar-refractivity contribution is -0.141. The fourth-order valence-corrected chi connectivity index (χ4v) is 9.69. The van der Waals surface area contributed by atoms with Gasteiger partial charge in [0.25, 0.3) is 0 Å². The Bertz CT molecular complexity index is 2870. The summed E-state index contributed by atoms with van der Waals surface area (Å²) in [5.74, 6) is 1.42. The lowest BCUT2D eigenvalue weighted by Crippen LogP contribution is -2.47. The summed E-state index contributed by atoms with van der Waals surface area (Å²) in [5, 5.41) is 19.2. The molecule has 84 heavy (non-hydrogen) atoms. The van der Waals surface area contributed by atoms with Crippen LogP contribution in [0.2, 0.25) is 0 Å². The third-order valence-corrected chi connectivity index (χ3v) is 14.7. The van der Waals surface area contributed by atoms with Gasteiger partial charge in [0, 0.05) is 81.5 Å². The summed E-state index contributed by atoms with van der Waals surface area (Å²) in [7, 11) is 5.66. The number of aryl methyl sites for hydroxylation is 1. The van der Waals surface area contributed by atoms with Crippen molar-refractivity contribution >= 4 is 45.9 Å². The van der Waals surface area contributed by atoms with E-state index in [-0.39, 0.29) is 43.1 Å². The molecule has 452 valence electrons. The fourth-order valence-electron chi connectivity index (χ4n) is 8.99. The average Bonchev–Trinajstić information content (AvgIpc) is 4.27. The molecule has 3 aromatic heterocycles. The summed E-state index contributed by atoms with van der Waals surface area (Å²) in [4.78, 5) is 70.0. The number of benzene rings is 2. The van der Waals surface area contributed by atoms with Gasteiger partial charge in [-0.15, -0.1) is 16.4 Å². The molecule has 7 rings (SSSR count). The third-order valence-electron chi connectivity index (χ3n) is 13.9. The number of urea groups is 1. The molecule has 1 aliphatic carbocycles. The number of piperazine rings is 1. The van der Waals surface area contributed by atoms with Gasteiger partial charge in [-0.05, 0) is 106 Å². The second kappa shape index (κ2) is 34.9. The molecule has 1 saturated carbocycles. The maximum Gasteiger partial charge on any atom is 0.325 e. The molecule has 1 unspecified atom stereocenters. The Morgan fingerprint density at radius 3 is 2.26 bits per heavy atom. The van der Waals surface area contributed by atoms with Gasteiger partial charge >= 0.3 is 6.03 Å². The Balaban J connectivity index is 0.664. The van der Waals surface area contributed by atoms with E-state index in [0.717, 1.165) is 74.4 Å². The number of aromatic nitrogens is 5. The summed E-state index contributed by atoms with van der Waals surface area (Å²) in [6.45, 7) is 17.2. The molecule has 1 aliphatic heterocycles. The average molecular weight is 1180 g/mol. The summed E-state index contributed by atoms with van der Waals surface area (Å²) in [6.07, 6.45) is 12.1. The molecule has 3 N–H and O–H groups in total. The van der Waals surface area contributed by atoms with Crippen molar-refractivity contribution in [1.82, 2.24) is 49.9 Å². The van der Waals surface area contributed by atoms with E-state index in [4.69, 9.17) is 28.4 Å². The van der Waals surface area contributed by atoms with Gasteiger partial charge < -0.3 is 58.7 Å². The van der Waals surface area contributed by atoms with Crippen LogP contribution in [0.1, 0.15) is 60.8 Å². The number of nitrogens with zero attached hydrogens (tertiary/aromatic N) is 9. The number of unbranched alkanes of at least 4 members (excludes halogenated alkanes) is 1. The van der Waals surface area contributed by atoms with E-state index in [1.165, 1.54) is 18.4 Å². The van der Waals surface area contributed by atoms with Crippen LogP contribution < -0.4 is 30.2 Å². The lowest BCUT2D eigenvalue weighted by Gasteiger charge is -2.32. The number of likely N-dealkylation sites (N-methyl/N-ethyl adjacent to an activating group) is 2. The SMILES string of the molecule is C=C/C=C(\C=C)CNC(=O)C(c1cccc(OC)n1)N(C(=O)CCc1ccc(OCCCCN(C)CCOCCOCCc2cn(CCOCCOc3ccc(NC(=O)Nc4nc(CC(=O)N5CCN(C)CC5)cs4)cc3)nn2)cc1)C1CC1. The number of ether oxygens (including phenoxy) is 6. The molecule has 1 atom stereocenters. The first kappa shape index (κ1) is 64.0. The van der Waals surface area contributed by atoms with Gasteiger partial charge in [-0.1, -0.05) is 54.8 Å². The Hall–Kier alpha value is -7.54. The van der Waals surface area contributed by atoms with Crippen LogP contribution in [0, 0.1) is 0 Å². The second-order valence-electron chi connectivity index (χ2n) is 20.5. The van der Waals surface area contributed by atoms with Gasteiger partial charge in [0.2, 0.25) is 23.6 Å². The predicted molar refractivity (Wildman–Crippen MR) is 323 cm³/mol. The maximum atomic E-state index is 14.0. The Labute approximate surface area is 497 Å². The molecular formula is C61H82N12O10S. The van der Waals surface area contributed by atoms with Crippen LogP contribution in [0.25, 0.3) is 0 Å². The van der Waals surface area contributed by atoms with Crippen LogP contribution in [-0.2, 0) is 54.4 Å². The lowest BCUT2D eigenvalue weighted by atomic mass is 10.1. The van der Waals surface area contributed by atoms with Crippen LogP contribution in [0.5, 0.6) is 17.4 Å². The number of anilines is 2. The molecule has 2 fully saturated rings. The Morgan fingerprint density at radius 1 is 0.798 bits per heavy atom. The number of methoxy groups -OCH3 is 1. The van der Waals surface area contributed by atoms with Gasteiger partial charge in [-0.3, -0.25) is 19.7 Å². The van der Waals surface area contributed by atoms with Crippen LogP contribution in [0.15, 0.2) is 115 Å². The molecule has 5 amide bonds. The number of nitrogens with one attached hydrogen (secondary N) is 3. The highest BCUT2D eigenvalue weighted by Gasteiger charge is 2.42. The summed E-state index contributed by atoms with van der Waals surface area (Å²) in [5.41, 5.74) is 4.33. The third kappa shape index (κ3) is 22.2. The molecule has 4 heterocycles. The van der Waals surface area contributed by atoms with Gasteiger partial charge in [0.15, 0.2) is 11.2 Å². The van der Waals surface area contributed by atoms with Gasteiger partial charge in [0.05, 0.1) is 83.4 Å². The number of amides is 5. The van der Waals surface area contributed by atoms with E-state index in [0.29, 0.717) is 119 Å². The summed E-state index contributed by atoms with van der Waals surface area (Å²) >= 11 is 1.28. The Morgan fingerprint density at radius 2 is 1.52 bits per heavy atom. The highest BCUT2D eigenvalue weighted by Crippen LogP contribution is 2.36. The van der Waals surface area contributed by atoms with Crippen molar-refractivity contribution in [2.24, 2.45) is 0 Å². The zero-order chi connectivity index (χ0) is 59.3. The first-order valence-corrected chi connectivity index (χ1v) is 29.6. The second-order valence-corrected chi connectivity index (χ2v) is 21.3. The van der Waals surface area contributed by atoms with Crippen molar-refractivity contribution in [3.8, 4) is 17.4 Å². The topological polar surface area (TPSA) is 229 Å². The quantitative estimate of drug-likeness (QED) is 0.0278. The monoisotopic (exact) mass is 1170 g/mol. The summed E-state index contributed by atoms with van der Waals surface area (Å²) in [6, 6.07) is 18.8. The minimum absolute atomic E-state index is 0.0424. The number of hydrogen-bond acceptors (Lipinski definition) is 17. The molecular weight excluding hydrogens is 1090 g/mol. The molecule has 0 bridgehead atoms. The molecule has 0 spiro atoms. The number of carbonyl (C=O) groups excluding carboxylic acids is 4. The van der Waals surface area contributed by atoms with Crippen LogP contribution in [0.4, 0.5) is 15.6 Å². The largest absolute Gasteiger partial charge is 0.494 e. The van der Waals surface area contributed by atoms with Crippen molar-refractivity contribution in [2.75, 3.05) is 131 Å². The van der Waals surface area contributed by atoms with E-state index in [1.807, 2.05) is 42.4 Å². The smallest absolute Gasteiger partial charge is 0.325 e. The molecule has 5 aromatic rings. The van der Waals surface area contributed by atoms with E-state index in [1.54, 1.807) is 75.7 Å². The molecule has 22 nitrogen and oxygen atoms in total. The highest BCUT2D eigenvalue weighted by molar-refractivity contribution is 7.14. The van der Waals surface area contributed by atoms with Crippen LogP contribution in [-0.4, -0.2) is 194 Å². The predicted octanol–water partition coefficient (Wildman–Crippen LogP) is 6.64. The van der Waals surface area contributed by atoms with Crippen molar-refractivity contribution < 1.29 is 47.6 Å². The van der Waals surface area contributed by atoms with E-state index in [2.05, 4.69) is 66.2 Å². The van der Waals surface area contributed by atoms with Crippen molar-refractivity contribution in [3.05, 3.63) is 138 Å². The Kier molecular flexibility index (Phi) is 26.6. The van der Waals surface area contributed by atoms with Gasteiger partial charge in [-0.25, -0.2) is 19.4 Å². The first-order valence-electron chi connectivity index (χ1n) is 28.7. The minimum Gasteiger partial charge on any atom is -0.494 e. The van der Waals surface area contributed by atoms with Crippen LogP contribution >= 0.6 is 11.3 Å². The fraction of sp³-hybridized carbons (Fsp3) is 0.475. The molecule has 2 aromatic carbocycles. The van der Waals surface area contributed by atoms with Crippen molar-refractivity contribution in [1.29, 1.82) is 0 Å². The number of carbonyl (C=O) groups is 4. The zero-order valence-electron chi connectivity index (χ0n) is 48.8. The van der Waals surface area contributed by atoms with Gasteiger partial charge in [-0.2, -0.15) is 0 Å². The molecule has 1 saturated heterocycles. The normalized spacial score (nSPS) is 14.0.